The Balaban J connectivity index is 2.00. The number of carbonyl (C=O) groups is 1. The van der Waals surface area contributed by atoms with Crippen molar-refractivity contribution in [2.75, 3.05) is 14.1 Å². The fourth-order valence-corrected chi connectivity index (χ4v) is 3.34. The van der Waals surface area contributed by atoms with Crippen LogP contribution in [0.15, 0.2) is 52.7 Å². The van der Waals surface area contributed by atoms with Gasteiger partial charge in [0, 0.05) is 25.0 Å². The van der Waals surface area contributed by atoms with E-state index in [9.17, 15) is 13.2 Å². The molecule has 0 N–H and O–H groups in total. The Bertz CT molecular complexity index is 793. The first-order valence-electron chi connectivity index (χ1n) is 6.79. The molecule has 0 saturated heterocycles. The van der Waals surface area contributed by atoms with Gasteiger partial charge in [0.2, 0.25) is 10.0 Å². The summed E-state index contributed by atoms with van der Waals surface area (Å²) >= 11 is 1.52. The lowest BCUT2D eigenvalue weighted by Gasteiger charge is -2.12. The van der Waals surface area contributed by atoms with E-state index in [1.807, 2.05) is 17.5 Å². The number of nitrogens with zero attached hydrogens (tertiary/aromatic N) is 1. The van der Waals surface area contributed by atoms with Gasteiger partial charge in [0.25, 0.3) is 0 Å². The highest BCUT2D eigenvalue weighted by molar-refractivity contribution is 7.89. The standard InChI is InChI=1S/C16H17NO4S2/c1-17(2)23(19,20)15-7-3-5-13(11-15)12-21-16(18)9-8-14-6-4-10-22-14/h3-11H,12H2,1-2H3. The number of sulfonamides is 1. The fourth-order valence-electron chi connectivity index (χ4n) is 1.75. The van der Waals surface area contributed by atoms with Gasteiger partial charge in [-0.1, -0.05) is 18.2 Å². The lowest BCUT2D eigenvalue weighted by molar-refractivity contribution is -0.138. The maximum atomic E-state index is 12.1. The van der Waals surface area contributed by atoms with E-state index >= 15 is 0 Å². The van der Waals surface area contributed by atoms with E-state index in [1.165, 1.54) is 43.6 Å². The zero-order chi connectivity index (χ0) is 16.9. The first kappa shape index (κ1) is 17.4. The molecule has 0 bridgehead atoms. The summed E-state index contributed by atoms with van der Waals surface area (Å²) in [4.78, 5) is 12.8. The molecule has 7 heteroatoms. The van der Waals surface area contributed by atoms with Crippen LogP contribution in [-0.2, 0) is 26.2 Å². The summed E-state index contributed by atoms with van der Waals surface area (Å²) in [5, 5.41) is 1.92. The number of hydrogen-bond donors (Lipinski definition) is 0. The van der Waals surface area contributed by atoms with E-state index in [4.69, 9.17) is 4.74 Å². The van der Waals surface area contributed by atoms with Crippen LogP contribution < -0.4 is 0 Å². The molecule has 0 atom stereocenters. The lowest BCUT2D eigenvalue weighted by Crippen LogP contribution is -2.22. The van der Waals surface area contributed by atoms with Gasteiger partial charge in [0.15, 0.2) is 0 Å². The van der Waals surface area contributed by atoms with E-state index in [0.29, 0.717) is 5.56 Å². The highest BCUT2D eigenvalue weighted by atomic mass is 32.2. The van der Waals surface area contributed by atoms with Crippen molar-refractivity contribution < 1.29 is 17.9 Å². The van der Waals surface area contributed by atoms with Gasteiger partial charge >= 0.3 is 5.97 Å². The Hall–Kier alpha value is -1.96. The second kappa shape index (κ2) is 7.54. The normalized spacial score (nSPS) is 12.0. The molecule has 0 spiro atoms. The molecule has 2 aromatic rings. The minimum atomic E-state index is -3.50. The molecule has 0 fully saturated rings. The zero-order valence-corrected chi connectivity index (χ0v) is 14.4. The van der Waals surface area contributed by atoms with Crippen LogP contribution in [0.3, 0.4) is 0 Å². The molecule has 0 amide bonds. The summed E-state index contributed by atoms with van der Waals surface area (Å²) in [7, 11) is -0.558. The van der Waals surface area contributed by atoms with Crippen LogP contribution in [0.1, 0.15) is 10.4 Å². The van der Waals surface area contributed by atoms with Crippen LogP contribution in [0.25, 0.3) is 6.08 Å². The molecule has 1 heterocycles. The average Bonchev–Trinajstić information content (AvgIpc) is 3.04. The monoisotopic (exact) mass is 351 g/mol. The highest BCUT2D eigenvalue weighted by Crippen LogP contribution is 2.16. The maximum absolute atomic E-state index is 12.1. The van der Waals surface area contributed by atoms with Crippen molar-refractivity contribution in [2.45, 2.75) is 11.5 Å². The second-order valence-electron chi connectivity index (χ2n) is 4.89. The van der Waals surface area contributed by atoms with Crippen LogP contribution in [0, 0.1) is 0 Å². The maximum Gasteiger partial charge on any atom is 0.331 e. The number of carbonyl (C=O) groups excluding carboxylic acids is 1. The van der Waals surface area contributed by atoms with Crippen molar-refractivity contribution in [1.29, 1.82) is 0 Å². The van der Waals surface area contributed by atoms with E-state index in [0.717, 1.165) is 9.18 Å². The van der Waals surface area contributed by atoms with Gasteiger partial charge in [-0.2, -0.15) is 0 Å². The van der Waals surface area contributed by atoms with Gasteiger partial charge in [-0.3, -0.25) is 0 Å². The minimum Gasteiger partial charge on any atom is -0.458 e. The summed E-state index contributed by atoms with van der Waals surface area (Å²) in [6.07, 6.45) is 3.03. The predicted octanol–water partition coefficient (Wildman–Crippen LogP) is 2.76. The zero-order valence-electron chi connectivity index (χ0n) is 12.8. The third-order valence-corrected chi connectivity index (χ3v) is 5.63. The van der Waals surface area contributed by atoms with Gasteiger partial charge in [0.05, 0.1) is 4.90 Å². The fraction of sp³-hybridized carbons (Fsp3) is 0.188. The minimum absolute atomic E-state index is 0.0183. The first-order valence-corrected chi connectivity index (χ1v) is 9.11. The number of benzene rings is 1. The summed E-state index contributed by atoms with van der Waals surface area (Å²) in [6.45, 7) is 0.0183. The van der Waals surface area contributed by atoms with Crippen molar-refractivity contribution in [3.8, 4) is 0 Å². The molecule has 1 aromatic heterocycles. The Labute approximate surface area is 139 Å². The first-order chi connectivity index (χ1) is 10.9. The Morgan fingerprint density at radius 3 is 2.70 bits per heavy atom. The molecule has 0 aliphatic heterocycles. The van der Waals surface area contributed by atoms with Crippen LogP contribution in [0.4, 0.5) is 0 Å². The topological polar surface area (TPSA) is 63.7 Å². The third-order valence-electron chi connectivity index (χ3n) is 2.98. The summed E-state index contributed by atoms with van der Waals surface area (Å²) in [6, 6.07) is 10.1. The molecule has 5 nitrogen and oxygen atoms in total. The molecule has 0 unspecified atom stereocenters. The molecule has 122 valence electrons. The second-order valence-corrected chi connectivity index (χ2v) is 8.02. The molecular formula is C16H17NO4S2. The molecule has 0 aliphatic rings. The molecule has 2 rings (SSSR count). The Morgan fingerprint density at radius 1 is 1.26 bits per heavy atom. The number of hydrogen-bond acceptors (Lipinski definition) is 5. The van der Waals surface area contributed by atoms with Gasteiger partial charge in [-0.15, -0.1) is 11.3 Å². The molecule has 0 radical (unpaired) electrons. The van der Waals surface area contributed by atoms with Gasteiger partial charge in [0.1, 0.15) is 6.61 Å². The molecule has 0 aliphatic carbocycles. The number of thiophene rings is 1. The quantitative estimate of drug-likeness (QED) is 0.593. The van der Waals surface area contributed by atoms with Crippen LogP contribution in [0.2, 0.25) is 0 Å². The van der Waals surface area contributed by atoms with Crippen LogP contribution in [-0.4, -0.2) is 32.8 Å². The summed E-state index contributed by atoms with van der Waals surface area (Å²) in [5.41, 5.74) is 0.616. The van der Waals surface area contributed by atoms with E-state index in [-0.39, 0.29) is 11.5 Å². The predicted molar refractivity (Wildman–Crippen MR) is 90.5 cm³/mol. The van der Waals surface area contributed by atoms with E-state index in [2.05, 4.69) is 0 Å². The number of ether oxygens (including phenoxy) is 1. The molecular weight excluding hydrogens is 334 g/mol. The third kappa shape index (κ3) is 4.75. The van der Waals surface area contributed by atoms with Crippen molar-refractivity contribution in [1.82, 2.24) is 4.31 Å². The Morgan fingerprint density at radius 2 is 2.04 bits per heavy atom. The van der Waals surface area contributed by atoms with Crippen molar-refractivity contribution in [2.24, 2.45) is 0 Å². The summed E-state index contributed by atoms with van der Waals surface area (Å²) < 4.78 is 30.4. The smallest absolute Gasteiger partial charge is 0.331 e. The largest absolute Gasteiger partial charge is 0.458 e. The van der Waals surface area contributed by atoms with E-state index in [1.54, 1.807) is 18.2 Å². The van der Waals surface area contributed by atoms with Gasteiger partial charge in [-0.25, -0.2) is 17.5 Å². The average molecular weight is 351 g/mol. The SMILES string of the molecule is CN(C)S(=O)(=O)c1cccc(COC(=O)C=Cc2cccs2)c1. The van der Waals surface area contributed by atoms with Gasteiger partial charge in [-0.05, 0) is 35.2 Å². The lowest BCUT2D eigenvalue weighted by atomic mass is 10.2. The van der Waals surface area contributed by atoms with Gasteiger partial charge < -0.3 is 4.74 Å². The molecule has 1 aromatic carbocycles. The van der Waals surface area contributed by atoms with Crippen molar-refractivity contribution in [3.05, 3.63) is 58.3 Å². The van der Waals surface area contributed by atoms with Crippen molar-refractivity contribution >= 4 is 33.4 Å². The summed E-state index contributed by atoms with van der Waals surface area (Å²) in [5.74, 6) is -0.473. The molecule has 0 saturated carbocycles. The van der Waals surface area contributed by atoms with Crippen LogP contribution >= 0.6 is 11.3 Å². The number of esters is 1. The van der Waals surface area contributed by atoms with Crippen molar-refractivity contribution in [3.63, 3.8) is 0 Å². The van der Waals surface area contributed by atoms with E-state index < -0.39 is 16.0 Å². The number of rotatable bonds is 6. The highest BCUT2D eigenvalue weighted by Gasteiger charge is 2.17. The van der Waals surface area contributed by atoms with Crippen LogP contribution in [0.5, 0.6) is 0 Å². The Kier molecular flexibility index (Phi) is 5.70. The molecule has 23 heavy (non-hydrogen) atoms.